The van der Waals surface area contributed by atoms with E-state index in [-0.39, 0.29) is 36.1 Å². The molecule has 1 aliphatic rings. The number of halogens is 1. The topological polar surface area (TPSA) is 49.8 Å². The van der Waals surface area contributed by atoms with Crippen molar-refractivity contribution in [3.05, 3.63) is 23.7 Å². The fraction of sp³-hybridized carbons (Fsp3) is 0.462. The highest BCUT2D eigenvalue weighted by Gasteiger charge is 2.26. The molecule has 1 N–H and O–H groups in total. The molecule has 1 aromatic carbocycles. The average Bonchev–Trinajstić information content (AvgIpc) is 2.64. The zero-order chi connectivity index (χ0) is 13.3. The van der Waals surface area contributed by atoms with Crippen molar-refractivity contribution in [3.8, 4) is 5.75 Å². The van der Waals surface area contributed by atoms with E-state index in [2.05, 4.69) is 4.74 Å². The number of ether oxygens (including phenoxy) is 1. The maximum absolute atomic E-state index is 11.2. The highest BCUT2D eigenvalue weighted by Crippen LogP contribution is 2.39. The lowest BCUT2D eigenvalue weighted by Gasteiger charge is -2.12. The van der Waals surface area contributed by atoms with Crippen LogP contribution in [0, 0.1) is 0 Å². The van der Waals surface area contributed by atoms with Gasteiger partial charge in [-0.05, 0) is 18.0 Å². The number of aromatic hydroxyl groups is 1. The summed E-state index contributed by atoms with van der Waals surface area (Å²) in [5.41, 5.74) is 1.97. The summed E-state index contributed by atoms with van der Waals surface area (Å²) < 4.78 is 12.3. The zero-order valence-corrected chi connectivity index (χ0v) is 11.3. The molecule has 18 heavy (non-hydrogen) atoms. The third-order valence-corrected chi connectivity index (χ3v) is 3.21. The van der Waals surface area contributed by atoms with Gasteiger partial charge in [-0.1, -0.05) is 6.07 Å². The molecule has 100 valence electrons. The number of methoxy groups -OCH3 is 1. The molecule has 1 aliphatic heterocycles. The smallest absolute Gasteiger partial charge is 0.305 e. The van der Waals surface area contributed by atoms with Gasteiger partial charge in [-0.15, -0.1) is 12.4 Å². The lowest BCUT2D eigenvalue weighted by molar-refractivity contribution is -0.140. The van der Waals surface area contributed by atoms with Gasteiger partial charge in [0.25, 0.3) is 0 Å². The largest absolute Gasteiger partial charge is 0.508 e. The van der Waals surface area contributed by atoms with Gasteiger partial charge in [-0.3, -0.25) is 4.79 Å². The molecule has 4 nitrogen and oxygen atoms in total. The van der Waals surface area contributed by atoms with Crippen molar-refractivity contribution in [2.75, 3.05) is 25.6 Å². The molecule has 1 atom stereocenters. The molecule has 0 saturated heterocycles. The number of nitrogens with zero attached hydrogens (tertiary/aromatic N) is 1. The average molecular weight is 273 g/mol. The summed E-state index contributed by atoms with van der Waals surface area (Å²) in [7, 11) is 3.33. The minimum atomic E-state index is -0.212. The molecular formula is C13H18ClNO3. The third-order valence-electron chi connectivity index (χ3n) is 3.21. The van der Waals surface area contributed by atoms with Crippen molar-refractivity contribution in [3.63, 3.8) is 0 Å². The predicted molar refractivity (Wildman–Crippen MR) is 72.6 cm³/mol. The molecule has 0 aromatic heterocycles. The van der Waals surface area contributed by atoms with E-state index in [0.29, 0.717) is 12.8 Å². The van der Waals surface area contributed by atoms with Crippen LogP contribution in [0.2, 0.25) is 0 Å². The number of phenols is 1. The molecule has 2 rings (SSSR count). The highest BCUT2D eigenvalue weighted by atomic mass is 35.5. The van der Waals surface area contributed by atoms with E-state index in [1.165, 1.54) is 7.11 Å². The van der Waals surface area contributed by atoms with E-state index in [1.807, 2.05) is 11.9 Å². The van der Waals surface area contributed by atoms with Crippen LogP contribution in [-0.4, -0.2) is 31.8 Å². The number of anilines is 1. The second-order valence-electron chi connectivity index (χ2n) is 4.35. The molecule has 1 heterocycles. The Labute approximate surface area is 114 Å². The fourth-order valence-corrected chi connectivity index (χ4v) is 2.31. The highest BCUT2D eigenvalue weighted by molar-refractivity contribution is 5.85. The van der Waals surface area contributed by atoms with Gasteiger partial charge in [0.15, 0.2) is 0 Å². The normalized spacial score (nSPS) is 17.8. The number of carbonyl (C=O) groups is 1. The Balaban J connectivity index is 0.00000180. The monoisotopic (exact) mass is 272 g/mol. The fourth-order valence-electron chi connectivity index (χ4n) is 2.31. The van der Waals surface area contributed by atoms with Crippen LogP contribution in [0.5, 0.6) is 5.75 Å². The summed E-state index contributed by atoms with van der Waals surface area (Å²) in [6.45, 7) is 0.801. The van der Waals surface area contributed by atoms with Gasteiger partial charge in [0, 0.05) is 37.7 Å². The first-order valence-corrected chi connectivity index (χ1v) is 5.64. The molecule has 1 unspecified atom stereocenters. The van der Waals surface area contributed by atoms with Gasteiger partial charge in [0.2, 0.25) is 0 Å². The standard InChI is InChI=1S/C13H17NO3.ClH/c1-14-8-9(3-6-13(16)17-2)11-5-4-10(15)7-12(11)14;/h4-5,7,9,15H,3,6,8H2,1-2H3;1H/i4D;. The lowest BCUT2D eigenvalue weighted by atomic mass is 9.96. The van der Waals surface area contributed by atoms with Gasteiger partial charge < -0.3 is 14.7 Å². The van der Waals surface area contributed by atoms with E-state index in [1.54, 1.807) is 12.1 Å². The molecule has 0 bridgehead atoms. The van der Waals surface area contributed by atoms with Gasteiger partial charge >= 0.3 is 5.97 Å². The molecular weight excluding hydrogens is 254 g/mol. The lowest BCUT2D eigenvalue weighted by Crippen LogP contribution is -2.16. The van der Waals surface area contributed by atoms with Crippen molar-refractivity contribution < 1.29 is 16.0 Å². The number of carbonyl (C=O) groups excluding carboxylic acids is 1. The summed E-state index contributed by atoms with van der Waals surface area (Å²) >= 11 is 0. The van der Waals surface area contributed by atoms with E-state index in [4.69, 9.17) is 1.37 Å². The second-order valence-corrected chi connectivity index (χ2v) is 4.35. The Morgan fingerprint density at radius 1 is 1.72 bits per heavy atom. The van der Waals surface area contributed by atoms with Crippen molar-refractivity contribution in [1.29, 1.82) is 0 Å². The number of phenolic OH excluding ortho intramolecular Hbond substituents is 1. The quantitative estimate of drug-likeness (QED) is 0.858. The van der Waals surface area contributed by atoms with Gasteiger partial charge in [-0.2, -0.15) is 0 Å². The summed E-state index contributed by atoms with van der Waals surface area (Å²) in [5.74, 6) is -0.000929. The van der Waals surface area contributed by atoms with Crippen LogP contribution >= 0.6 is 12.4 Å². The Kier molecular flexibility index (Phi) is 4.31. The molecule has 0 spiro atoms. The van der Waals surface area contributed by atoms with Crippen LogP contribution in [0.25, 0.3) is 0 Å². The molecule has 0 aliphatic carbocycles. The SMILES string of the molecule is Cl.[2H]c1cc2c(cc1O)N(C)CC2CCC(=O)OC. The molecule has 0 radical (unpaired) electrons. The third kappa shape index (κ3) is 2.88. The Morgan fingerprint density at radius 3 is 3.11 bits per heavy atom. The predicted octanol–water partition coefficient (Wildman–Crippen LogP) is 2.30. The summed E-state index contributed by atoms with van der Waals surface area (Å²) in [4.78, 5) is 13.2. The molecule has 0 amide bonds. The first-order chi connectivity index (χ1) is 8.52. The maximum Gasteiger partial charge on any atom is 0.305 e. The van der Waals surface area contributed by atoms with Crippen LogP contribution < -0.4 is 4.90 Å². The van der Waals surface area contributed by atoms with E-state index >= 15 is 0 Å². The Morgan fingerprint density at radius 2 is 2.44 bits per heavy atom. The second kappa shape index (κ2) is 5.96. The van der Waals surface area contributed by atoms with Crippen molar-refractivity contribution in [1.82, 2.24) is 0 Å². The summed E-state index contributed by atoms with van der Waals surface area (Å²) in [5, 5.41) is 9.56. The Hall–Kier alpha value is -1.42. The number of hydrogen-bond donors (Lipinski definition) is 1. The van der Waals surface area contributed by atoms with Crippen LogP contribution in [0.1, 0.15) is 25.7 Å². The van der Waals surface area contributed by atoms with Gasteiger partial charge in [0.05, 0.1) is 8.48 Å². The van der Waals surface area contributed by atoms with Crippen LogP contribution in [0.15, 0.2) is 18.2 Å². The number of likely N-dealkylation sites (N-methyl/N-ethyl adjacent to an activating group) is 1. The van der Waals surface area contributed by atoms with Crippen molar-refractivity contribution >= 4 is 24.1 Å². The van der Waals surface area contributed by atoms with Crippen molar-refractivity contribution in [2.24, 2.45) is 0 Å². The van der Waals surface area contributed by atoms with E-state index < -0.39 is 0 Å². The van der Waals surface area contributed by atoms with Crippen LogP contribution in [-0.2, 0) is 9.53 Å². The minimum absolute atomic E-state index is 0. The number of hydrogen-bond acceptors (Lipinski definition) is 4. The van der Waals surface area contributed by atoms with Crippen molar-refractivity contribution in [2.45, 2.75) is 18.8 Å². The summed E-state index contributed by atoms with van der Waals surface area (Å²) in [6, 6.07) is 3.44. The molecule has 1 aromatic rings. The van der Waals surface area contributed by atoms with E-state index in [0.717, 1.165) is 17.8 Å². The molecule has 5 heteroatoms. The summed E-state index contributed by atoms with van der Waals surface area (Å²) in [6.07, 6.45) is 1.08. The number of rotatable bonds is 3. The number of fused-ring (bicyclic) bond motifs is 1. The Bertz CT molecular complexity index is 481. The number of benzene rings is 1. The first kappa shape index (κ1) is 13.0. The maximum atomic E-state index is 11.2. The van der Waals surface area contributed by atoms with Crippen LogP contribution in [0.3, 0.4) is 0 Å². The zero-order valence-electron chi connectivity index (χ0n) is 11.5. The van der Waals surface area contributed by atoms with Gasteiger partial charge in [0.1, 0.15) is 5.75 Å². The molecule has 0 fully saturated rings. The number of esters is 1. The van der Waals surface area contributed by atoms with Gasteiger partial charge in [-0.25, -0.2) is 0 Å². The van der Waals surface area contributed by atoms with E-state index in [9.17, 15) is 9.90 Å². The van der Waals surface area contributed by atoms with Crippen LogP contribution in [0.4, 0.5) is 5.69 Å². The molecule has 0 saturated carbocycles. The minimum Gasteiger partial charge on any atom is -0.508 e. The first-order valence-electron chi connectivity index (χ1n) is 6.14.